The number of nitrogens with zero attached hydrogens (tertiary/aromatic N) is 2. The number of morpholine rings is 1. The molecular weight excluding hydrogens is 352 g/mol. The third-order valence-corrected chi connectivity index (χ3v) is 7.02. The minimum atomic E-state index is -3.37. The van der Waals surface area contributed by atoms with Crippen LogP contribution in [0.1, 0.15) is 24.0 Å². The Bertz CT molecular complexity index is 668. The molecule has 2 saturated heterocycles. The molecule has 2 heterocycles. The average molecular weight is 383 g/mol. The molecule has 146 valence electrons. The molecule has 3 rings (SSSR count). The van der Waals surface area contributed by atoms with Gasteiger partial charge in [0.25, 0.3) is 0 Å². The molecule has 0 bridgehead atoms. The van der Waals surface area contributed by atoms with Gasteiger partial charge in [-0.05, 0) is 25.3 Å². The predicted molar refractivity (Wildman–Crippen MR) is 102 cm³/mol. The summed E-state index contributed by atoms with van der Waals surface area (Å²) in [4.78, 5) is 2.29. The summed E-state index contributed by atoms with van der Waals surface area (Å²) in [5.41, 5.74) is 1.94. The summed E-state index contributed by atoms with van der Waals surface area (Å²) >= 11 is 0. The molecule has 0 N–H and O–H groups in total. The summed E-state index contributed by atoms with van der Waals surface area (Å²) in [6.45, 7) is 7.77. The number of aryl methyl sites for hydroxylation is 1. The molecule has 0 aromatic heterocycles. The Morgan fingerprint density at radius 2 is 1.81 bits per heavy atom. The second kappa shape index (κ2) is 9.28. The van der Waals surface area contributed by atoms with Crippen molar-refractivity contribution in [1.29, 1.82) is 0 Å². The zero-order valence-electron chi connectivity index (χ0n) is 15.6. The van der Waals surface area contributed by atoms with Gasteiger partial charge in [0.05, 0.1) is 19.0 Å². The highest BCUT2D eigenvalue weighted by atomic mass is 32.2. The highest BCUT2D eigenvalue weighted by molar-refractivity contribution is 7.88. The van der Waals surface area contributed by atoms with Gasteiger partial charge in [-0.1, -0.05) is 29.8 Å². The Morgan fingerprint density at radius 3 is 2.50 bits per heavy atom. The Kier molecular flexibility index (Phi) is 7.05. The average Bonchev–Trinajstić information content (AvgIpc) is 2.63. The molecule has 0 spiro atoms. The van der Waals surface area contributed by atoms with Crippen molar-refractivity contribution in [2.45, 2.75) is 31.6 Å². The van der Waals surface area contributed by atoms with Gasteiger partial charge in [0.15, 0.2) is 0 Å². The standard InChI is InChI=1S/C19H30N2O4S/c1-17-3-2-4-18(15-17)16-26(22,23)21(19-5-11-24-12-6-19)8-7-20-9-13-25-14-10-20/h2-4,15,19H,5-14,16H2,1H3. The smallest absolute Gasteiger partial charge is 0.218 e. The van der Waals surface area contributed by atoms with Crippen molar-refractivity contribution >= 4 is 10.0 Å². The summed E-state index contributed by atoms with van der Waals surface area (Å²) in [5.74, 6) is 0.0646. The maximum absolute atomic E-state index is 13.2. The lowest BCUT2D eigenvalue weighted by atomic mass is 10.1. The first-order chi connectivity index (χ1) is 12.5. The van der Waals surface area contributed by atoms with E-state index in [2.05, 4.69) is 4.90 Å². The molecule has 0 atom stereocenters. The van der Waals surface area contributed by atoms with Crippen LogP contribution in [0.25, 0.3) is 0 Å². The van der Waals surface area contributed by atoms with Crippen LogP contribution >= 0.6 is 0 Å². The fourth-order valence-corrected chi connectivity index (χ4v) is 5.47. The molecule has 1 aromatic carbocycles. The fourth-order valence-electron chi connectivity index (χ4n) is 3.68. The first-order valence-electron chi connectivity index (χ1n) is 9.47. The zero-order valence-corrected chi connectivity index (χ0v) is 16.4. The Morgan fingerprint density at radius 1 is 1.12 bits per heavy atom. The van der Waals surface area contributed by atoms with Crippen LogP contribution in [0.4, 0.5) is 0 Å². The van der Waals surface area contributed by atoms with Gasteiger partial charge in [0.1, 0.15) is 0 Å². The van der Waals surface area contributed by atoms with E-state index < -0.39 is 10.0 Å². The van der Waals surface area contributed by atoms with Gasteiger partial charge in [-0.2, -0.15) is 4.31 Å². The van der Waals surface area contributed by atoms with Crippen molar-refractivity contribution < 1.29 is 17.9 Å². The lowest BCUT2D eigenvalue weighted by Crippen LogP contribution is -2.48. The minimum absolute atomic E-state index is 0.0413. The van der Waals surface area contributed by atoms with E-state index in [0.717, 1.165) is 56.8 Å². The lowest BCUT2D eigenvalue weighted by Gasteiger charge is -2.35. The van der Waals surface area contributed by atoms with Crippen LogP contribution in [0, 0.1) is 6.92 Å². The van der Waals surface area contributed by atoms with Gasteiger partial charge in [0, 0.05) is 45.4 Å². The first kappa shape index (κ1) is 19.8. The number of hydrogen-bond donors (Lipinski definition) is 0. The summed E-state index contributed by atoms with van der Waals surface area (Å²) in [6, 6.07) is 7.81. The summed E-state index contributed by atoms with van der Waals surface area (Å²) in [5, 5.41) is 0. The highest BCUT2D eigenvalue weighted by Gasteiger charge is 2.31. The van der Waals surface area contributed by atoms with Gasteiger partial charge in [0.2, 0.25) is 10.0 Å². The van der Waals surface area contributed by atoms with Gasteiger partial charge >= 0.3 is 0 Å². The number of hydrogen-bond acceptors (Lipinski definition) is 5. The number of rotatable bonds is 7. The minimum Gasteiger partial charge on any atom is -0.381 e. The van der Waals surface area contributed by atoms with Crippen molar-refractivity contribution in [3.05, 3.63) is 35.4 Å². The number of ether oxygens (including phenoxy) is 2. The second-order valence-electron chi connectivity index (χ2n) is 7.15. The molecule has 2 aliphatic rings. The van der Waals surface area contributed by atoms with Crippen molar-refractivity contribution in [2.24, 2.45) is 0 Å². The van der Waals surface area contributed by atoms with Crippen molar-refractivity contribution in [1.82, 2.24) is 9.21 Å². The molecule has 1 aromatic rings. The fraction of sp³-hybridized carbons (Fsp3) is 0.684. The molecule has 0 aliphatic carbocycles. The molecular formula is C19H30N2O4S. The third-order valence-electron chi connectivity index (χ3n) is 5.13. The molecule has 26 heavy (non-hydrogen) atoms. The van der Waals surface area contributed by atoms with Gasteiger partial charge in [-0.3, -0.25) is 4.90 Å². The summed E-state index contributed by atoms with van der Waals surface area (Å²) in [6.07, 6.45) is 1.55. The van der Waals surface area contributed by atoms with E-state index in [9.17, 15) is 8.42 Å². The first-order valence-corrected chi connectivity index (χ1v) is 11.1. The lowest BCUT2D eigenvalue weighted by molar-refractivity contribution is 0.0291. The maximum atomic E-state index is 13.2. The molecule has 6 nitrogen and oxygen atoms in total. The maximum Gasteiger partial charge on any atom is 0.218 e. The van der Waals surface area contributed by atoms with Crippen molar-refractivity contribution in [3.8, 4) is 0 Å². The zero-order chi connectivity index (χ0) is 18.4. The van der Waals surface area contributed by atoms with Gasteiger partial charge in [-0.25, -0.2) is 8.42 Å². The molecule has 2 fully saturated rings. The monoisotopic (exact) mass is 382 g/mol. The Hall–Kier alpha value is -0.990. The van der Waals surface area contributed by atoms with Crippen molar-refractivity contribution in [3.63, 3.8) is 0 Å². The number of sulfonamides is 1. The molecule has 0 amide bonds. The summed E-state index contributed by atoms with van der Waals surface area (Å²) in [7, 11) is -3.37. The molecule has 7 heteroatoms. The van der Waals surface area contributed by atoms with E-state index in [1.54, 1.807) is 4.31 Å². The topological polar surface area (TPSA) is 59.1 Å². The van der Waals surface area contributed by atoms with Crippen LogP contribution in [-0.4, -0.2) is 76.3 Å². The third kappa shape index (κ3) is 5.50. The number of benzene rings is 1. The van der Waals surface area contributed by atoms with Gasteiger partial charge in [-0.15, -0.1) is 0 Å². The van der Waals surface area contributed by atoms with E-state index in [1.165, 1.54) is 0 Å². The molecule has 0 saturated carbocycles. The van der Waals surface area contributed by atoms with E-state index >= 15 is 0 Å². The Balaban J connectivity index is 1.71. The molecule has 0 unspecified atom stereocenters. The van der Waals surface area contributed by atoms with Crippen molar-refractivity contribution in [2.75, 3.05) is 52.6 Å². The van der Waals surface area contributed by atoms with Crippen LogP contribution in [0.5, 0.6) is 0 Å². The van der Waals surface area contributed by atoms with Crippen LogP contribution in [0.2, 0.25) is 0 Å². The predicted octanol–water partition coefficient (Wildman–Crippen LogP) is 1.64. The van der Waals surface area contributed by atoms with Gasteiger partial charge < -0.3 is 9.47 Å². The van der Waals surface area contributed by atoms with E-state index in [0.29, 0.717) is 19.8 Å². The highest BCUT2D eigenvalue weighted by Crippen LogP contribution is 2.21. The second-order valence-corrected chi connectivity index (χ2v) is 9.08. The van der Waals surface area contributed by atoms with E-state index in [4.69, 9.17) is 9.47 Å². The van der Waals surface area contributed by atoms with Crippen LogP contribution in [0.15, 0.2) is 24.3 Å². The quantitative estimate of drug-likeness (QED) is 0.718. The summed E-state index contributed by atoms with van der Waals surface area (Å²) < 4.78 is 39.0. The van der Waals surface area contributed by atoms with E-state index in [1.807, 2.05) is 31.2 Å². The van der Waals surface area contributed by atoms with Crippen LogP contribution in [-0.2, 0) is 25.2 Å². The SMILES string of the molecule is Cc1cccc(CS(=O)(=O)N(CCN2CCOCC2)C2CCOCC2)c1. The normalized spacial score (nSPS) is 20.5. The molecule has 2 aliphatic heterocycles. The molecule has 0 radical (unpaired) electrons. The van der Waals surface area contributed by atoms with E-state index in [-0.39, 0.29) is 11.8 Å². The van der Waals surface area contributed by atoms with Crippen LogP contribution in [0.3, 0.4) is 0 Å². The Labute approximate surface area is 157 Å². The largest absolute Gasteiger partial charge is 0.381 e. The van der Waals surface area contributed by atoms with Crippen LogP contribution < -0.4 is 0 Å².